The van der Waals surface area contributed by atoms with Crippen molar-refractivity contribution in [2.75, 3.05) is 19.6 Å². The molecular formula is C20H26N2O. The average molecular weight is 310 g/mol. The molecule has 3 nitrogen and oxygen atoms in total. The van der Waals surface area contributed by atoms with Crippen LogP contribution in [0.5, 0.6) is 0 Å². The quantitative estimate of drug-likeness (QED) is 0.911. The van der Waals surface area contributed by atoms with Gasteiger partial charge < -0.3 is 10.4 Å². The van der Waals surface area contributed by atoms with E-state index in [1.54, 1.807) is 0 Å². The van der Waals surface area contributed by atoms with Crippen LogP contribution in [0.3, 0.4) is 0 Å². The van der Waals surface area contributed by atoms with E-state index < -0.39 is 6.10 Å². The van der Waals surface area contributed by atoms with E-state index in [4.69, 9.17) is 0 Å². The predicted molar refractivity (Wildman–Crippen MR) is 94.4 cm³/mol. The van der Waals surface area contributed by atoms with Crippen LogP contribution in [0.25, 0.3) is 0 Å². The van der Waals surface area contributed by atoms with Gasteiger partial charge in [0.1, 0.15) is 6.10 Å². The number of nitrogens with one attached hydrogen (secondary N) is 1. The van der Waals surface area contributed by atoms with Gasteiger partial charge in [-0.05, 0) is 30.5 Å². The Hall–Kier alpha value is -1.68. The fourth-order valence-electron chi connectivity index (χ4n) is 3.20. The Bertz CT molecular complexity index is 609. The average Bonchev–Trinajstić information content (AvgIpc) is 2.62. The van der Waals surface area contributed by atoms with E-state index >= 15 is 0 Å². The minimum Gasteiger partial charge on any atom is -0.384 e. The second kappa shape index (κ2) is 7.26. The molecule has 2 aromatic carbocycles. The van der Waals surface area contributed by atoms with Crippen LogP contribution in [0.2, 0.25) is 0 Å². The van der Waals surface area contributed by atoms with E-state index in [1.165, 1.54) is 5.56 Å². The summed E-state index contributed by atoms with van der Waals surface area (Å²) < 4.78 is 0. The van der Waals surface area contributed by atoms with Crippen LogP contribution in [0.15, 0.2) is 54.6 Å². The lowest BCUT2D eigenvalue weighted by Gasteiger charge is -2.36. The summed E-state index contributed by atoms with van der Waals surface area (Å²) in [5.74, 6) is 0. The molecule has 2 N–H and O–H groups in total. The Morgan fingerprint density at radius 1 is 1.00 bits per heavy atom. The summed E-state index contributed by atoms with van der Waals surface area (Å²) in [4.78, 5) is 2.51. The lowest BCUT2D eigenvalue weighted by atomic mass is 9.97. The Labute approximate surface area is 139 Å². The van der Waals surface area contributed by atoms with Gasteiger partial charge in [-0.2, -0.15) is 0 Å². The van der Waals surface area contributed by atoms with Crippen molar-refractivity contribution < 1.29 is 5.11 Å². The highest BCUT2D eigenvalue weighted by Crippen LogP contribution is 2.24. The number of aliphatic hydroxyl groups is 1. The SMILES string of the molecule is CC(C)N1CCNC(c2ccc(C(O)c3ccccc3)cc2)C1. The molecule has 23 heavy (non-hydrogen) atoms. The number of nitrogens with zero attached hydrogens (tertiary/aromatic N) is 1. The van der Waals surface area contributed by atoms with Crippen LogP contribution in [0.4, 0.5) is 0 Å². The first-order valence-electron chi connectivity index (χ1n) is 8.45. The van der Waals surface area contributed by atoms with Crippen LogP contribution < -0.4 is 5.32 Å². The molecule has 1 saturated heterocycles. The summed E-state index contributed by atoms with van der Waals surface area (Å²) >= 11 is 0. The molecule has 3 heteroatoms. The van der Waals surface area contributed by atoms with Gasteiger partial charge in [-0.25, -0.2) is 0 Å². The molecular weight excluding hydrogens is 284 g/mol. The largest absolute Gasteiger partial charge is 0.384 e. The van der Waals surface area contributed by atoms with Crippen LogP contribution in [0, 0.1) is 0 Å². The van der Waals surface area contributed by atoms with Crippen LogP contribution in [0.1, 0.15) is 42.7 Å². The Morgan fingerprint density at radius 3 is 2.30 bits per heavy atom. The van der Waals surface area contributed by atoms with Gasteiger partial charge in [0.15, 0.2) is 0 Å². The fourth-order valence-corrected chi connectivity index (χ4v) is 3.20. The van der Waals surface area contributed by atoms with Crippen molar-refractivity contribution in [1.29, 1.82) is 0 Å². The minimum atomic E-state index is -0.559. The molecule has 2 unspecified atom stereocenters. The summed E-state index contributed by atoms with van der Waals surface area (Å²) in [5.41, 5.74) is 3.16. The van der Waals surface area contributed by atoms with E-state index in [9.17, 15) is 5.11 Å². The van der Waals surface area contributed by atoms with Gasteiger partial charge in [-0.3, -0.25) is 4.90 Å². The Balaban J connectivity index is 1.72. The summed E-state index contributed by atoms with van der Waals surface area (Å²) in [6, 6.07) is 19.1. The maximum absolute atomic E-state index is 10.5. The highest BCUT2D eigenvalue weighted by molar-refractivity contribution is 5.33. The van der Waals surface area contributed by atoms with Gasteiger partial charge >= 0.3 is 0 Å². The maximum atomic E-state index is 10.5. The lowest BCUT2D eigenvalue weighted by Crippen LogP contribution is -2.48. The lowest BCUT2D eigenvalue weighted by molar-refractivity contribution is 0.162. The zero-order valence-electron chi connectivity index (χ0n) is 13.9. The molecule has 0 amide bonds. The molecule has 0 aromatic heterocycles. The third-order valence-electron chi connectivity index (χ3n) is 4.71. The van der Waals surface area contributed by atoms with Crippen molar-refractivity contribution in [2.24, 2.45) is 0 Å². The van der Waals surface area contributed by atoms with E-state index in [1.807, 2.05) is 42.5 Å². The molecule has 1 aliphatic heterocycles. The monoisotopic (exact) mass is 310 g/mol. The molecule has 1 aliphatic rings. The summed E-state index contributed by atoms with van der Waals surface area (Å²) in [6.07, 6.45) is -0.559. The molecule has 0 spiro atoms. The highest BCUT2D eigenvalue weighted by atomic mass is 16.3. The van der Waals surface area contributed by atoms with Crippen LogP contribution >= 0.6 is 0 Å². The first-order chi connectivity index (χ1) is 11.1. The minimum absolute atomic E-state index is 0.370. The molecule has 0 saturated carbocycles. The topological polar surface area (TPSA) is 35.5 Å². The number of benzene rings is 2. The van der Waals surface area contributed by atoms with Crippen molar-refractivity contribution >= 4 is 0 Å². The van der Waals surface area contributed by atoms with E-state index in [2.05, 4.69) is 36.2 Å². The summed E-state index contributed by atoms with van der Waals surface area (Å²) in [7, 11) is 0. The van der Waals surface area contributed by atoms with Crippen molar-refractivity contribution in [2.45, 2.75) is 32.0 Å². The van der Waals surface area contributed by atoms with Gasteiger partial charge in [0.2, 0.25) is 0 Å². The molecule has 0 bridgehead atoms. The molecule has 2 atom stereocenters. The third-order valence-corrected chi connectivity index (χ3v) is 4.71. The molecule has 1 heterocycles. The zero-order chi connectivity index (χ0) is 16.2. The van der Waals surface area contributed by atoms with Crippen molar-refractivity contribution in [3.63, 3.8) is 0 Å². The molecule has 2 aromatic rings. The van der Waals surface area contributed by atoms with Crippen molar-refractivity contribution in [3.05, 3.63) is 71.3 Å². The predicted octanol–water partition coefficient (Wildman–Crippen LogP) is 3.12. The first-order valence-corrected chi connectivity index (χ1v) is 8.45. The maximum Gasteiger partial charge on any atom is 0.104 e. The molecule has 0 aliphatic carbocycles. The third kappa shape index (κ3) is 3.81. The number of hydrogen-bond donors (Lipinski definition) is 2. The Morgan fingerprint density at radius 2 is 1.65 bits per heavy atom. The zero-order valence-corrected chi connectivity index (χ0v) is 13.9. The van der Waals surface area contributed by atoms with E-state index in [0.717, 1.165) is 30.8 Å². The molecule has 0 radical (unpaired) electrons. The summed E-state index contributed by atoms with van der Waals surface area (Å²) in [6.45, 7) is 7.68. The van der Waals surface area contributed by atoms with Gasteiger partial charge in [0, 0.05) is 31.7 Å². The van der Waals surface area contributed by atoms with Gasteiger partial charge in [0.25, 0.3) is 0 Å². The second-order valence-electron chi connectivity index (χ2n) is 6.58. The Kier molecular flexibility index (Phi) is 5.11. The van der Waals surface area contributed by atoms with Gasteiger partial charge in [-0.15, -0.1) is 0 Å². The van der Waals surface area contributed by atoms with Crippen LogP contribution in [-0.2, 0) is 0 Å². The number of aliphatic hydroxyl groups excluding tert-OH is 1. The fraction of sp³-hybridized carbons (Fsp3) is 0.400. The molecule has 3 rings (SSSR count). The van der Waals surface area contributed by atoms with Crippen molar-refractivity contribution in [3.8, 4) is 0 Å². The van der Waals surface area contributed by atoms with E-state index in [0.29, 0.717) is 12.1 Å². The number of rotatable bonds is 4. The van der Waals surface area contributed by atoms with Gasteiger partial charge in [-0.1, -0.05) is 54.6 Å². The molecule has 1 fully saturated rings. The smallest absolute Gasteiger partial charge is 0.104 e. The standard InChI is InChI=1S/C20H26N2O/c1-15(2)22-13-12-21-19(14-22)16-8-10-18(11-9-16)20(23)17-6-4-3-5-7-17/h3-11,15,19-21,23H,12-14H2,1-2H3. The van der Waals surface area contributed by atoms with Crippen molar-refractivity contribution in [1.82, 2.24) is 10.2 Å². The number of piperazine rings is 1. The first kappa shape index (κ1) is 16.2. The molecule has 122 valence electrons. The van der Waals surface area contributed by atoms with Crippen LogP contribution in [-0.4, -0.2) is 35.7 Å². The normalized spacial score (nSPS) is 20.6. The number of hydrogen-bond acceptors (Lipinski definition) is 3. The summed E-state index contributed by atoms with van der Waals surface area (Å²) in [5, 5.41) is 14.1. The van der Waals surface area contributed by atoms with Gasteiger partial charge in [0.05, 0.1) is 0 Å². The second-order valence-corrected chi connectivity index (χ2v) is 6.58. The van der Waals surface area contributed by atoms with E-state index in [-0.39, 0.29) is 0 Å². The highest BCUT2D eigenvalue weighted by Gasteiger charge is 2.22.